The lowest BCUT2D eigenvalue weighted by Crippen LogP contribution is -2.23. The molecule has 2 N–H and O–H groups in total. The number of H-pyrrole nitrogens is 1. The molecule has 4 rings (SSSR count). The van der Waals surface area contributed by atoms with Crippen molar-refractivity contribution in [2.45, 2.75) is 45.0 Å². The van der Waals surface area contributed by atoms with Crippen molar-refractivity contribution in [3.8, 4) is 11.3 Å². The first kappa shape index (κ1) is 24.7. The molecule has 0 atom stereocenters. The van der Waals surface area contributed by atoms with Crippen LogP contribution in [0.5, 0.6) is 0 Å². The van der Waals surface area contributed by atoms with E-state index in [2.05, 4.69) is 48.1 Å². The van der Waals surface area contributed by atoms with Crippen LogP contribution < -0.4 is 4.90 Å². The number of carbonyl (C=O) groups is 1. The van der Waals surface area contributed by atoms with E-state index in [1.807, 2.05) is 24.1 Å². The van der Waals surface area contributed by atoms with Gasteiger partial charge in [-0.2, -0.15) is 21.6 Å². The van der Waals surface area contributed by atoms with Gasteiger partial charge in [-0.1, -0.05) is 13.8 Å². The van der Waals surface area contributed by atoms with Gasteiger partial charge in [0.05, 0.1) is 5.69 Å². The van der Waals surface area contributed by atoms with Gasteiger partial charge in [0, 0.05) is 47.0 Å². The maximum atomic E-state index is 12.1. The molecule has 0 spiro atoms. The van der Waals surface area contributed by atoms with Gasteiger partial charge in [0.1, 0.15) is 0 Å². The van der Waals surface area contributed by atoms with Gasteiger partial charge in [-0.25, -0.2) is 0 Å². The number of aryl methyl sites for hydroxylation is 1. The molecule has 1 saturated heterocycles. The molecule has 33 heavy (non-hydrogen) atoms. The Labute approximate surface area is 189 Å². The van der Waals surface area contributed by atoms with E-state index in [0.717, 1.165) is 41.1 Å². The smallest absolute Gasteiger partial charge is 0.354 e. The minimum absolute atomic E-state index is 0.228. The standard InChI is InChI=1S/C21H23N3O.CHF3O3S/c1-13(2)20-17-12-16(24-10-4-5-19(24)25)6-7-18(17)23-21(20)15-8-9-22-14(3)11-15;2-1(3,4)8(5,6)7/h6-9,11-13,23H,4-5,10H2,1-3H3;(H,5,6,7). The number of hydrogen-bond acceptors (Lipinski definition) is 4. The van der Waals surface area contributed by atoms with Crippen LogP contribution in [0.3, 0.4) is 0 Å². The SMILES string of the molecule is Cc1cc(-c2[nH]c3ccc(N4CCCC4=O)cc3c2C(C)C)ccn1.O=S(=O)(O)C(F)(F)F. The van der Waals surface area contributed by atoms with Crippen LogP contribution >= 0.6 is 0 Å². The van der Waals surface area contributed by atoms with Crippen molar-refractivity contribution < 1.29 is 30.9 Å². The number of benzene rings is 1. The third-order valence-electron chi connectivity index (χ3n) is 5.26. The van der Waals surface area contributed by atoms with Crippen molar-refractivity contribution in [3.05, 3.63) is 47.8 Å². The highest BCUT2D eigenvalue weighted by Crippen LogP contribution is 2.37. The Balaban J connectivity index is 0.000000331. The Hall–Kier alpha value is -2.92. The summed E-state index contributed by atoms with van der Waals surface area (Å²) in [6, 6.07) is 10.5. The van der Waals surface area contributed by atoms with Crippen LogP contribution in [-0.4, -0.2) is 40.9 Å². The van der Waals surface area contributed by atoms with Gasteiger partial charge in [-0.05, 0) is 55.2 Å². The van der Waals surface area contributed by atoms with Gasteiger partial charge in [0.25, 0.3) is 0 Å². The minimum atomic E-state index is -5.84. The third-order valence-corrected chi connectivity index (χ3v) is 5.85. The van der Waals surface area contributed by atoms with Crippen molar-refractivity contribution in [2.75, 3.05) is 11.4 Å². The molecule has 0 saturated carbocycles. The largest absolute Gasteiger partial charge is 0.522 e. The molecule has 1 amide bonds. The number of aromatic amines is 1. The lowest BCUT2D eigenvalue weighted by Gasteiger charge is -2.16. The van der Waals surface area contributed by atoms with E-state index in [1.165, 1.54) is 10.9 Å². The van der Waals surface area contributed by atoms with E-state index in [-0.39, 0.29) is 5.91 Å². The van der Waals surface area contributed by atoms with Gasteiger partial charge in [-0.15, -0.1) is 0 Å². The predicted molar refractivity (Wildman–Crippen MR) is 120 cm³/mol. The van der Waals surface area contributed by atoms with Crippen LogP contribution in [0.2, 0.25) is 0 Å². The molecule has 3 aromatic rings. The normalized spacial score (nSPS) is 14.7. The molecule has 11 heteroatoms. The molecular formula is C22H24F3N3O4S. The molecule has 0 aliphatic carbocycles. The summed E-state index contributed by atoms with van der Waals surface area (Å²) in [5.74, 6) is 0.604. The van der Waals surface area contributed by atoms with Crippen molar-refractivity contribution in [2.24, 2.45) is 0 Å². The van der Waals surface area contributed by atoms with Crippen molar-refractivity contribution in [3.63, 3.8) is 0 Å². The summed E-state index contributed by atoms with van der Waals surface area (Å²) >= 11 is 0. The van der Waals surface area contributed by atoms with Crippen molar-refractivity contribution in [1.82, 2.24) is 9.97 Å². The number of rotatable bonds is 3. The fourth-order valence-electron chi connectivity index (χ4n) is 3.82. The summed E-state index contributed by atoms with van der Waals surface area (Å²) in [4.78, 5) is 21.9. The number of anilines is 1. The quantitative estimate of drug-likeness (QED) is 0.395. The highest BCUT2D eigenvalue weighted by molar-refractivity contribution is 7.86. The number of nitrogens with zero attached hydrogens (tertiary/aromatic N) is 2. The molecule has 1 aliphatic heterocycles. The summed E-state index contributed by atoms with van der Waals surface area (Å²) in [5.41, 5.74) is 1.21. The van der Waals surface area contributed by atoms with Crippen LogP contribution in [-0.2, 0) is 14.9 Å². The van der Waals surface area contributed by atoms with E-state index in [4.69, 9.17) is 13.0 Å². The van der Waals surface area contributed by atoms with E-state index in [1.54, 1.807) is 0 Å². The van der Waals surface area contributed by atoms with Crippen LogP contribution in [0.1, 0.15) is 43.9 Å². The maximum absolute atomic E-state index is 12.1. The van der Waals surface area contributed by atoms with E-state index in [9.17, 15) is 18.0 Å². The maximum Gasteiger partial charge on any atom is 0.522 e. The first-order chi connectivity index (χ1) is 15.3. The second-order valence-electron chi connectivity index (χ2n) is 8.05. The highest BCUT2D eigenvalue weighted by atomic mass is 32.2. The zero-order valence-corrected chi connectivity index (χ0v) is 19.1. The average molecular weight is 484 g/mol. The summed E-state index contributed by atoms with van der Waals surface area (Å²) in [6.45, 7) is 7.27. The molecule has 0 unspecified atom stereocenters. The first-order valence-corrected chi connectivity index (χ1v) is 11.7. The van der Waals surface area contributed by atoms with Gasteiger partial charge < -0.3 is 9.88 Å². The zero-order valence-electron chi connectivity index (χ0n) is 18.3. The van der Waals surface area contributed by atoms with E-state index in [0.29, 0.717) is 12.3 Å². The number of alkyl halides is 3. The number of fused-ring (bicyclic) bond motifs is 1. The predicted octanol–water partition coefficient (Wildman–Crippen LogP) is 5.18. The zero-order chi connectivity index (χ0) is 24.6. The Morgan fingerprint density at radius 2 is 1.85 bits per heavy atom. The summed E-state index contributed by atoms with van der Waals surface area (Å²) in [7, 11) is -5.84. The summed E-state index contributed by atoms with van der Waals surface area (Å²) in [5, 5.41) is 1.21. The number of aromatic nitrogens is 2. The second kappa shape index (κ2) is 9.14. The number of nitrogens with one attached hydrogen (secondary N) is 1. The molecule has 0 radical (unpaired) electrons. The molecule has 0 bridgehead atoms. The highest BCUT2D eigenvalue weighted by Gasteiger charge is 2.44. The van der Waals surface area contributed by atoms with Crippen molar-refractivity contribution >= 4 is 32.6 Å². The Kier molecular flexibility index (Phi) is 6.85. The molecule has 3 heterocycles. The van der Waals surface area contributed by atoms with Gasteiger partial charge >= 0.3 is 15.6 Å². The number of carbonyl (C=O) groups excluding carboxylic acids is 1. The van der Waals surface area contributed by atoms with Crippen LogP contribution in [0.4, 0.5) is 18.9 Å². The lowest BCUT2D eigenvalue weighted by atomic mass is 9.96. The molecule has 2 aromatic heterocycles. The minimum Gasteiger partial charge on any atom is -0.354 e. The summed E-state index contributed by atoms with van der Waals surface area (Å²) < 4.78 is 57.5. The molecule has 7 nitrogen and oxygen atoms in total. The molecule has 1 aliphatic rings. The molecule has 178 valence electrons. The Morgan fingerprint density at radius 1 is 1.18 bits per heavy atom. The van der Waals surface area contributed by atoms with Gasteiger partial charge in [0.15, 0.2) is 0 Å². The third kappa shape index (κ3) is 5.36. The average Bonchev–Trinajstić information content (AvgIpc) is 3.29. The lowest BCUT2D eigenvalue weighted by molar-refractivity contribution is -0.117. The van der Waals surface area contributed by atoms with Crippen LogP contribution in [0.15, 0.2) is 36.5 Å². The number of hydrogen-bond donors (Lipinski definition) is 2. The van der Waals surface area contributed by atoms with Crippen molar-refractivity contribution in [1.29, 1.82) is 0 Å². The van der Waals surface area contributed by atoms with E-state index < -0.39 is 15.6 Å². The number of halogens is 3. The van der Waals surface area contributed by atoms with Crippen LogP contribution in [0, 0.1) is 6.92 Å². The van der Waals surface area contributed by atoms with Gasteiger partial charge in [0.2, 0.25) is 5.91 Å². The number of amides is 1. The molecule has 1 fully saturated rings. The topological polar surface area (TPSA) is 103 Å². The monoisotopic (exact) mass is 483 g/mol. The van der Waals surface area contributed by atoms with Gasteiger partial charge in [-0.3, -0.25) is 14.3 Å². The van der Waals surface area contributed by atoms with E-state index >= 15 is 0 Å². The fourth-order valence-corrected chi connectivity index (χ4v) is 3.82. The first-order valence-electron chi connectivity index (χ1n) is 10.2. The van der Waals surface area contributed by atoms with Crippen LogP contribution in [0.25, 0.3) is 22.2 Å². The second-order valence-corrected chi connectivity index (χ2v) is 9.47. The summed E-state index contributed by atoms with van der Waals surface area (Å²) in [6.07, 6.45) is 3.46. The fraction of sp³-hybridized carbons (Fsp3) is 0.364. The Bertz CT molecular complexity index is 1280. The number of pyridine rings is 1. The Morgan fingerprint density at radius 3 is 2.36 bits per heavy atom. The molecule has 1 aromatic carbocycles. The molecular weight excluding hydrogens is 459 g/mol.